The summed E-state index contributed by atoms with van der Waals surface area (Å²) >= 11 is 0. The molecule has 5 nitrogen and oxygen atoms in total. The number of cyclic esters (lactones) is 3. The van der Waals surface area contributed by atoms with E-state index in [2.05, 4.69) is 11.3 Å². The van der Waals surface area contributed by atoms with Crippen molar-refractivity contribution < 1.29 is 23.9 Å². The highest BCUT2D eigenvalue weighted by atomic mass is 16.6. The van der Waals surface area contributed by atoms with E-state index >= 15 is 0 Å². The van der Waals surface area contributed by atoms with Crippen molar-refractivity contribution in [3.05, 3.63) is 12.3 Å². The molecule has 6 unspecified atom stereocenters. The van der Waals surface area contributed by atoms with Crippen molar-refractivity contribution in [2.24, 2.45) is 35.5 Å². The third kappa shape index (κ3) is 0.863. The number of hydrogen-bond acceptors (Lipinski definition) is 5. The van der Waals surface area contributed by atoms with E-state index in [1.54, 1.807) is 0 Å². The summed E-state index contributed by atoms with van der Waals surface area (Å²) in [6.07, 6.45) is 0.736. The van der Waals surface area contributed by atoms with Gasteiger partial charge in [-0.1, -0.05) is 6.58 Å². The summed E-state index contributed by atoms with van der Waals surface area (Å²) in [4.78, 5) is 35.0. The Hall–Kier alpha value is -1.65. The molecule has 4 fully saturated rings. The van der Waals surface area contributed by atoms with Crippen molar-refractivity contribution in [2.75, 3.05) is 0 Å². The zero-order valence-electron chi connectivity index (χ0n) is 8.92. The highest BCUT2D eigenvalue weighted by Gasteiger charge is 2.71. The molecule has 5 heteroatoms. The van der Waals surface area contributed by atoms with Gasteiger partial charge in [0, 0.05) is 5.92 Å². The van der Waals surface area contributed by atoms with E-state index in [1.165, 1.54) is 0 Å². The molecule has 2 saturated heterocycles. The van der Waals surface area contributed by atoms with Crippen molar-refractivity contribution in [3.63, 3.8) is 0 Å². The van der Waals surface area contributed by atoms with Gasteiger partial charge in [-0.2, -0.15) is 0 Å². The molecule has 0 spiro atoms. The third-order valence-electron chi connectivity index (χ3n) is 4.78. The Kier molecular flexibility index (Phi) is 1.44. The number of carbonyl (C=O) groups is 3. The summed E-state index contributed by atoms with van der Waals surface area (Å²) in [6.45, 7) is 3.74. The Morgan fingerprint density at radius 1 is 0.824 bits per heavy atom. The van der Waals surface area contributed by atoms with Crippen molar-refractivity contribution >= 4 is 17.9 Å². The summed E-state index contributed by atoms with van der Waals surface area (Å²) < 4.78 is 9.73. The Labute approximate surface area is 96.8 Å². The highest BCUT2D eigenvalue weighted by Crippen LogP contribution is 2.64. The van der Waals surface area contributed by atoms with Crippen LogP contribution in [0.1, 0.15) is 6.42 Å². The SMILES string of the molecule is C=C1OC(=O)C2C3CC(C12)C1C(=O)OC(=O)C31. The van der Waals surface area contributed by atoms with E-state index < -0.39 is 17.9 Å². The first-order valence-corrected chi connectivity index (χ1v) is 5.75. The van der Waals surface area contributed by atoms with Crippen LogP contribution in [0.15, 0.2) is 12.3 Å². The lowest BCUT2D eigenvalue weighted by molar-refractivity contribution is -0.154. The van der Waals surface area contributed by atoms with Gasteiger partial charge in [-0.25, -0.2) is 0 Å². The molecular weight excluding hydrogens is 224 g/mol. The van der Waals surface area contributed by atoms with Gasteiger partial charge in [-0.3, -0.25) is 14.4 Å². The second kappa shape index (κ2) is 2.60. The van der Waals surface area contributed by atoms with Crippen molar-refractivity contribution in [1.82, 2.24) is 0 Å². The van der Waals surface area contributed by atoms with Crippen molar-refractivity contribution in [2.45, 2.75) is 6.42 Å². The summed E-state index contributed by atoms with van der Waals surface area (Å²) in [7, 11) is 0. The van der Waals surface area contributed by atoms with Crippen molar-refractivity contribution in [3.8, 4) is 0 Å². The fourth-order valence-corrected chi connectivity index (χ4v) is 4.32. The van der Waals surface area contributed by atoms with Gasteiger partial charge in [-0.15, -0.1) is 0 Å². The summed E-state index contributed by atoms with van der Waals surface area (Å²) in [5.41, 5.74) is 0. The van der Waals surface area contributed by atoms with Crippen LogP contribution in [-0.4, -0.2) is 17.9 Å². The van der Waals surface area contributed by atoms with E-state index in [0.717, 1.165) is 6.42 Å². The van der Waals surface area contributed by atoms with Gasteiger partial charge in [0.1, 0.15) is 5.76 Å². The first-order valence-electron chi connectivity index (χ1n) is 5.75. The number of fused-ring (bicyclic) bond motifs is 8. The number of rotatable bonds is 0. The third-order valence-corrected chi connectivity index (χ3v) is 4.78. The quantitative estimate of drug-likeness (QED) is 0.444. The minimum absolute atomic E-state index is 0.00657. The first-order chi connectivity index (χ1) is 8.09. The molecule has 17 heavy (non-hydrogen) atoms. The van der Waals surface area contributed by atoms with Gasteiger partial charge in [0.2, 0.25) is 0 Å². The van der Waals surface area contributed by atoms with Gasteiger partial charge in [-0.05, 0) is 18.3 Å². The van der Waals surface area contributed by atoms with Crippen LogP contribution in [0.3, 0.4) is 0 Å². The predicted molar refractivity (Wildman–Crippen MR) is 51.9 cm³/mol. The minimum atomic E-state index is -0.462. The molecule has 88 valence electrons. The summed E-state index contributed by atoms with van der Waals surface area (Å²) in [5, 5.41) is 0. The maximum atomic E-state index is 11.7. The number of carbonyl (C=O) groups excluding carboxylic acids is 3. The zero-order chi connectivity index (χ0) is 11.9. The van der Waals surface area contributed by atoms with E-state index in [-0.39, 0.29) is 35.6 Å². The van der Waals surface area contributed by atoms with Crippen LogP contribution in [0, 0.1) is 35.5 Å². The fourth-order valence-electron chi connectivity index (χ4n) is 4.32. The molecule has 2 heterocycles. The average molecular weight is 234 g/mol. The summed E-state index contributed by atoms with van der Waals surface area (Å²) in [5.74, 6) is -2.01. The second-order valence-electron chi connectivity index (χ2n) is 5.29. The Morgan fingerprint density at radius 2 is 1.29 bits per heavy atom. The number of hydrogen-bond donors (Lipinski definition) is 0. The maximum Gasteiger partial charge on any atom is 0.317 e. The average Bonchev–Trinajstić information content (AvgIpc) is 2.92. The Balaban J connectivity index is 1.82. The van der Waals surface area contributed by atoms with Crippen molar-refractivity contribution in [1.29, 1.82) is 0 Å². The van der Waals surface area contributed by atoms with Crippen LogP contribution in [0.4, 0.5) is 0 Å². The van der Waals surface area contributed by atoms with Crippen LogP contribution in [-0.2, 0) is 23.9 Å². The second-order valence-corrected chi connectivity index (χ2v) is 5.29. The predicted octanol–water partition coefficient (Wildman–Crippen LogP) is 0.255. The lowest BCUT2D eigenvalue weighted by atomic mass is 9.70. The fraction of sp³-hybridized carbons (Fsp3) is 0.583. The molecule has 4 rings (SSSR count). The summed E-state index contributed by atoms with van der Waals surface area (Å²) in [6, 6.07) is 0. The van der Waals surface area contributed by atoms with Crippen LogP contribution in [0.25, 0.3) is 0 Å². The van der Waals surface area contributed by atoms with E-state index in [0.29, 0.717) is 5.76 Å². The van der Waals surface area contributed by atoms with E-state index in [4.69, 9.17) is 4.74 Å². The smallest absolute Gasteiger partial charge is 0.317 e. The molecule has 4 aliphatic rings. The highest BCUT2D eigenvalue weighted by molar-refractivity contribution is 5.98. The van der Waals surface area contributed by atoms with Crippen LogP contribution >= 0.6 is 0 Å². The minimum Gasteiger partial charge on any atom is -0.431 e. The Morgan fingerprint density at radius 3 is 1.94 bits per heavy atom. The van der Waals surface area contributed by atoms with Crippen LogP contribution in [0.2, 0.25) is 0 Å². The molecule has 0 radical (unpaired) electrons. The molecule has 2 saturated carbocycles. The molecule has 0 N–H and O–H groups in total. The molecule has 0 amide bonds. The molecule has 2 aliphatic heterocycles. The van der Waals surface area contributed by atoms with E-state index in [1.807, 2.05) is 0 Å². The maximum absolute atomic E-state index is 11.7. The molecule has 2 bridgehead atoms. The topological polar surface area (TPSA) is 69.7 Å². The monoisotopic (exact) mass is 234 g/mol. The largest absolute Gasteiger partial charge is 0.431 e. The number of ether oxygens (including phenoxy) is 2. The molecule has 0 aromatic rings. The van der Waals surface area contributed by atoms with Gasteiger partial charge >= 0.3 is 17.9 Å². The normalized spacial score (nSPS) is 50.4. The molecule has 6 atom stereocenters. The molecule has 0 aromatic heterocycles. The lowest BCUT2D eigenvalue weighted by Gasteiger charge is -2.26. The molecule has 2 aliphatic carbocycles. The van der Waals surface area contributed by atoms with Gasteiger partial charge in [0.15, 0.2) is 0 Å². The Bertz CT molecular complexity index is 409. The van der Waals surface area contributed by atoms with Crippen LogP contribution < -0.4 is 0 Å². The number of esters is 3. The van der Waals surface area contributed by atoms with Crippen LogP contribution in [0.5, 0.6) is 0 Å². The number of allylic oxidation sites excluding steroid dienone is 1. The first kappa shape index (κ1) is 9.39. The van der Waals surface area contributed by atoms with Gasteiger partial charge in [0.25, 0.3) is 0 Å². The lowest BCUT2D eigenvalue weighted by Crippen LogP contribution is -2.36. The zero-order valence-corrected chi connectivity index (χ0v) is 8.92. The molecular formula is C12H10O5. The molecule has 0 aromatic carbocycles. The van der Waals surface area contributed by atoms with Gasteiger partial charge in [0.05, 0.1) is 17.8 Å². The van der Waals surface area contributed by atoms with Gasteiger partial charge < -0.3 is 9.47 Å². The standard InChI is InChI=1S/C12H10O5/c1-3-6-4-2-5(7(6)10(13)16-3)9-8(4)11(14)17-12(9)15/h4-9H,1-2H2. The van der Waals surface area contributed by atoms with E-state index in [9.17, 15) is 14.4 Å².